The minimum atomic E-state index is -0.579. The first kappa shape index (κ1) is 8.13. The molecule has 0 radical (unpaired) electrons. The van der Waals surface area contributed by atoms with E-state index in [-0.39, 0.29) is 5.69 Å². The molecule has 0 amide bonds. The van der Waals surface area contributed by atoms with Crippen LogP contribution < -0.4 is 0 Å². The van der Waals surface area contributed by atoms with E-state index in [9.17, 15) is 4.79 Å². The second-order valence-electron chi connectivity index (χ2n) is 2.55. The third kappa shape index (κ3) is 1.38. The predicted molar refractivity (Wildman–Crippen MR) is 49.7 cm³/mol. The highest BCUT2D eigenvalue weighted by atomic mass is 35.5. The van der Waals surface area contributed by atoms with Gasteiger partial charge in [0.1, 0.15) is 0 Å². The van der Waals surface area contributed by atoms with Crippen LogP contribution in [0.1, 0.15) is 10.5 Å². The molecule has 0 bridgehead atoms. The summed E-state index contributed by atoms with van der Waals surface area (Å²) in [5.41, 5.74) is 0.208. The Bertz CT molecular complexity index is 465. The molecule has 1 heterocycles. The quantitative estimate of drug-likeness (QED) is 0.650. The molecule has 0 N–H and O–H groups in total. The average Bonchev–Trinajstić information content (AvgIpc) is 2.17. The molecule has 1 aromatic heterocycles. The monoisotopic (exact) mass is 192 g/mol. The normalized spacial score (nSPS) is 10.2. The van der Waals surface area contributed by atoms with E-state index in [4.69, 9.17) is 11.6 Å². The molecule has 0 aliphatic rings. The molecule has 1 aromatic carbocycles. The van der Waals surface area contributed by atoms with Crippen molar-refractivity contribution in [2.75, 3.05) is 0 Å². The Balaban J connectivity index is 2.83. The molecule has 0 saturated carbocycles. The zero-order chi connectivity index (χ0) is 9.26. The minimum Gasteiger partial charge on any atom is -0.274 e. The first-order valence-electron chi connectivity index (χ1n) is 3.69. The number of benzene rings is 1. The third-order valence-electron chi connectivity index (χ3n) is 1.76. The molecule has 0 aliphatic carbocycles. The topological polar surface area (TPSA) is 42.9 Å². The van der Waals surface area contributed by atoms with Gasteiger partial charge in [-0.3, -0.25) is 4.79 Å². The zero-order valence-electron chi connectivity index (χ0n) is 6.57. The lowest BCUT2D eigenvalue weighted by Crippen LogP contribution is -1.97. The standard InChI is InChI=1S/C9H5ClN2O/c10-9(13)8-7-4-2-1-3-6(7)5-11-12-8/h1-5H. The first-order valence-corrected chi connectivity index (χ1v) is 4.07. The van der Waals surface area contributed by atoms with Crippen molar-refractivity contribution in [3.8, 4) is 0 Å². The van der Waals surface area contributed by atoms with Gasteiger partial charge in [-0.2, -0.15) is 5.10 Å². The minimum absolute atomic E-state index is 0.208. The van der Waals surface area contributed by atoms with Crippen LogP contribution in [0.15, 0.2) is 30.5 Å². The lowest BCUT2D eigenvalue weighted by Gasteiger charge is -1.98. The molecule has 0 spiro atoms. The smallest absolute Gasteiger partial charge is 0.273 e. The van der Waals surface area contributed by atoms with Crippen molar-refractivity contribution in [1.82, 2.24) is 10.2 Å². The summed E-state index contributed by atoms with van der Waals surface area (Å²) in [6, 6.07) is 7.34. The van der Waals surface area contributed by atoms with Gasteiger partial charge in [-0.05, 0) is 11.6 Å². The summed E-state index contributed by atoms with van der Waals surface area (Å²) in [5.74, 6) is 0. The van der Waals surface area contributed by atoms with E-state index in [0.29, 0.717) is 0 Å². The summed E-state index contributed by atoms with van der Waals surface area (Å²) in [5, 5.41) is 8.37. The maximum absolute atomic E-state index is 10.9. The fourth-order valence-electron chi connectivity index (χ4n) is 1.17. The van der Waals surface area contributed by atoms with Crippen molar-refractivity contribution in [2.24, 2.45) is 0 Å². The van der Waals surface area contributed by atoms with Crippen molar-refractivity contribution in [2.45, 2.75) is 0 Å². The number of nitrogens with zero attached hydrogens (tertiary/aromatic N) is 2. The van der Waals surface area contributed by atoms with Crippen LogP contribution in [0.2, 0.25) is 0 Å². The zero-order valence-corrected chi connectivity index (χ0v) is 7.32. The molecule has 4 heteroatoms. The summed E-state index contributed by atoms with van der Waals surface area (Å²) in [6.07, 6.45) is 1.60. The Morgan fingerprint density at radius 1 is 1.31 bits per heavy atom. The molecule has 64 valence electrons. The number of halogens is 1. The number of carbonyl (C=O) groups excluding carboxylic acids is 1. The van der Waals surface area contributed by atoms with Crippen molar-refractivity contribution in [3.05, 3.63) is 36.2 Å². The van der Waals surface area contributed by atoms with Gasteiger partial charge in [0.15, 0.2) is 5.69 Å². The summed E-state index contributed by atoms with van der Waals surface area (Å²) in [6.45, 7) is 0. The van der Waals surface area contributed by atoms with Crippen molar-refractivity contribution in [3.63, 3.8) is 0 Å². The van der Waals surface area contributed by atoms with Gasteiger partial charge in [0.05, 0.1) is 6.20 Å². The van der Waals surface area contributed by atoms with Crippen LogP contribution in [0.25, 0.3) is 10.8 Å². The van der Waals surface area contributed by atoms with Crippen LogP contribution in [-0.4, -0.2) is 15.4 Å². The average molecular weight is 193 g/mol. The molecule has 0 atom stereocenters. The van der Waals surface area contributed by atoms with E-state index >= 15 is 0 Å². The molecule has 0 saturated heterocycles. The molecular formula is C9H5ClN2O. The Labute approximate surface area is 79.4 Å². The van der Waals surface area contributed by atoms with Gasteiger partial charge in [-0.15, -0.1) is 5.10 Å². The van der Waals surface area contributed by atoms with Crippen molar-refractivity contribution in [1.29, 1.82) is 0 Å². The van der Waals surface area contributed by atoms with Gasteiger partial charge in [0.2, 0.25) is 0 Å². The fourth-order valence-corrected chi connectivity index (χ4v) is 1.31. The summed E-state index contributed by atoms with van der Waals surface area (Å²) < 4.78 is 0. The third-order valence-corrected chi connectivity index (χ3v) is 1.94. The molecule has 3 nitrogen and oxygen atoms in total. The number of carbonyl (C=O) groups is 1. The van der Waals surface area contributed by atoms with Gasteiger partial charge in [0.25, 0.3) is 5.24 Å². The first-order chi connectivity index (χ1) is 6.29. The number of hydrogen-bond acceptors (Lipinski definition) is 3. The van der Waals surface area contributed by atoms with Crippen molar-refractivity contribution >= 4 is 27.6 Å². The van der Waals surface area contributed by atoms with Crippen LogP contribution in [0.3, 0.4) is 0 Å². The van der Waals surface area contributed by atoms with E-state index < -0.39 is 5.24 Å². The summed E-state index contributed by atoms with van der Waals surface area (Å²) in [4.78, 5) is 10.9. The van der Waals surface area contributed by atoms with E-state index in [1.165, 1.54) is 0 Å². The largest absolute Gasteiger partial charge is 0.274 e. The van der Waals surface area contributed by atoms with E-state index in [0.717, 1.165) is 10.8 Å². The summed E-state index contributed by atoms with van der Waals surface area (Å²) in [7, 11) is 0. The number of hydrogen-bond donors (Lipinski definition) is 0. The lowest BCUT2D eigenvalue weighted by molar-refractivity contribution is 0.107. The van der Waals surface area contributed by atoms with Gasteiger partial charge >= 0.3 is 0 Å². The van der Waals surface area contributed by atoms with Crippen LogP contribution >= 0.6 is 11.6 Å². The highest BCUT2D eigenvalue weighted by Gasteiger charge is 2.08. The highest BCUT2D eigenvalue weighted by molar-refractivity contribution is 6.68. The number of fused-ring (bicyclic) bond motifs is 1. The lowest BCUT2D eigenvalue weighted by atomic mass is 10.1. The Morgan fingerprint density at radius 3 is 2.85 bits per heavy atom. The predicted octanol–water partition coefficient (Wildman–Crippen LogP) is 2.01. The van der Waals surface area contributed by atoms with Gasteiger partial charge in [0, 0.05) is 10.8 Å². The molecule has 2 aromatic rings. The molecule has 0 fully saturated rings. The second kappa shape index (κ2) is 3.11. The van der Waals surface area contributed by atoms with Gasteiger partial charge in [-0.1, -0.05) is 24.3 Å². The SMILES string of the molecule is O=C(Cl)c1nncc2ccccc12. The maximum Gasteiger partial charge on any atom is 0.273 e. The molecule has 13 heavy (non-hydrogen) atoms. The van der Waals surface area contributed by atoms with Crippen LogP contribution in [0.4, 0.5) is 0 Å². The van der Waals surface area contributed by atoms with E-state index in [1.807, 2.05) is 18.2 Å². The molecule has 0 aliphatic heterocycles. The van der Waals surface area contributed by atoms with Gasteiger partial charge in [-0.25, -0.2) is 0 Å². The van der Waals surface area contributed by atoms with Crippen molar-refractivity contribution < 1.29 is 4.79 Å². The summed E-state index contributed by atoms with van der Waals surface area (Å²) >= 11 is 5.34. The molecule has 2 rings (SSSR count). The number of aromatic nitrogens is 2. The second-order valence-corrected chi connectivity index (χ2v) is 2.90. The van der Waals surface area contributed by atoms with Crippen LogP contribution in [0, 0.1) is 0 Å². The van der Waals surface area contributed by atoms with Crippen LogP contribution in [-0.2, 0) is 0 Å². The van der Waals surface area contributed by atoms with Gasteiger partial charge < -0.3 is 0 Å². The van der Waals surface area contributed by atoms with Crippen LogP contribution in [0.5, 0.6) is 0 Å². The highest BCUT2D eigenvalue weighted by Crippen LogP contribution is 2.16. The molecule has 0 unspecified atom stereocenters. The fraction of sp³-hybridized carbons (Fsp3) is 0. The number of rotatable bonds is 1. The maximum atomic E-state index is 10.9. The Kier molecular flexibility index (Phi) is 1.94. The Morgan fingerprint density at radius 2 is 2.08 bits per heavy atom. The van der Waals surface area contributed by atoms with E-state index in [2.05, 4.69) is 10.2 Å². The van der Waals surface area contributed by atoms with E-state index in [1.54, 1.807) is 12.3 Å². The molecular weight excluding hydrogens is 188 g/mol. The Hall–Kier alpha value is -1.48.